The van der Waals surface area contributed by atoms with Crippen LogP contribution in [-0.2, 0) is 11.2 Å². The summed E-state index contributed by atoms with van der Waals surface area (Å²) in [6, 6.07) is 9.52. The number of alkyl halides is 1. The molecule has 1 N–H and O–H groups in total. The SMILES string of the molecule is CC(Cl)C(=O)NC(Cc1ccccc1)c1ncco1. The second kappa shape index (κ2) is 6.38. The quantitative estimate of drug-likeness (QED) is 0.856. The number of benzene rings is 1. The van der Waals surface area contributed by atoms with Gasteiger partial charge >= 0.3 is 0 Å². The lowest BCUT2D eigenvalue weighted by atomic mass is 10.1. The second-order valence-corrected chi connectivity index (χ2v) is 4.89. The van der Waals surface area contributed by atoms with E-state index in [0.717, 1.165) is 5.56 Å². The molecule has 1 aromatic carbocycles. The summed E-state index contributed by atoms with van der Waals surface area (Å²) in [4.78, 5) is 15.8. The Morgan fingerprint density at radius 2 is 2.16 bits per heavy atom. The van der Waals surface area contributed by atoms with Crippen LogP contribution < -0.4 is 5.32 Å². The third-order valence-electron chi connectivity index (χ3n) is 2.71. The number of halogens is 1. The van der Waals surface area contributed by atoms with Gasteiger partial charge in [-0.3, -0.25) is 4.79 Å². The summed E-state index contributed by atoms with van der Waals surface area (Å²) in [6.45, 7) is 1.63. The Labute approximate surface area is 116 Å². The van der Waals surface area contributed by atoms with Crippen molar-refractivity contribution in [1.82, 2.24) is 10.3 Å². The van der Waals surface area contributed by atoms with Crippen LogP contribution in [0.3, 0.4) is 0 Å². The Balaban J connectivity index is 2.13. The van der Waals surface area contributed by atoms with Gasteiger partial charge in [0.1, 0.15) is 17.7 Å². The zero-order valence-electron chi connectivity index (χ0n) is 10.5. The number of carbonyl (C=O) groups excluding carboxylic acids is 1. The fourth-order valence-corrected chi connectivity index (χ4v) is 1.81. The summed E-state index contributed by atoms with van der Waals surface area (Å²) in [5.74, 6) is 0.246. The summed E-state index contributed by atoms with van der Waals surface area (Å²) >= 11 is 5.77. The minimum absolute atomic E-state index is 0.235. The van der Waals surface area contributed by atoms with E-state index in [1.165, 1.54) is 6.26 Å². The minimum atomic E-state index is -0.590. The molecule has 2 rings (SSSR count). The van der Waals surface area contributed by atoms with Gasteiger partial charge in [0, 0.05) is 6.42 Å². The molecule has 0 saturated heterocycles. The first kappa shape index (κ1) is 13.6. The molecule has 1 amide bonds. The van der Waals surface area contributed by atoms with Gasteiger partial charge in [-0.25, -0.2) is 4.98 Å². The predicted molar refractivity (Wildman–Crippen MR) is 72.8 cm³/mol. The van der Waals surface area contributed by atoms with Crippen molar-refractivity contribution < 1.29 is 9.21 Å². The first-order valence-corrected chi connectivity index (χ1v) is 6.48. The van der Waals surface area contributed by atoms with Crippen molar-refractivity contribution in [3.63, 3.8) is 0 Å². The van der Waals surface area contributed by atoms with Crippen LogP contribution in [0.2, 0.25) is 0 Å². The number of nitrogens with zero attached hydrogens (tertiary/aromatic N) is 1. The molecule has 0 aliphatic heterocycles. The van der Waals surface area contributed by atoms with E-state index in [1.807, 2.05) is 30.3 Å². The molecule has 0 aliphatic rings. The van der Waals surface area contributed by atoms with Gasteiger partial charge in [-0.05, 0) is 12.5 Å². The van der Waals surface area contributed by atoms with Crippen LogP contribution in [0, 0.1) is 0 Å². The maximum Gasteiger partial charge on any atom is 0.238 e. The largest absolute Gasteiger partial charge is 0.447 e. The molecule has 5 heteroatoms. The van der Waals surface area contributed by atoms with Crippen molar-refractivity contribution in [3.05, 3.63) is 54.2 Å². The van der Waals surface area contributed by atoms with Crippen molar-refractivity contribution in [2.45, 2.75) is 24.8 Å². The second-order valence-electron chi connectivity index (χ2n) is 4.24. The van der Waals surface area contributed by atoms with Crippen molar-refractivity contribution in [1.29, 1.82) is 0 Å². The van der Waals surface area contributed by atoms with Crippen LogP contribution in [0.25, 0.3) is 0 Å². The highest BCUT2D eigenvalue weighted by Crippen LogP contribution is 2.17. The van der Waals surface area contributed by atoms with Crippen LogP contribution in [0.4, 0.5) is 0 Å². The first-order valence-electron chi connectivity index (χ1n) is 6.04. The molecular formula is C14H15ClN2O2. The van der Waals surface area contributed by atoms with Crippen molar-refractivity contribution in [2.75, 3.05) is 0 Å². The fourth-order valence-electron chi connectivity index (χ4n) is 1.74. The van der Waals surface area contributed by atoms with Crippen LogP contribution in [0.1, 0.15) is 24.4 Å². The van der Waals surface area contributed by atoms with Crippen LogP contribution >= 0.6 is 11.6 Å². The number of aromatic nitrogens is 1. The molecule has 1 heterocycles. The van der Waals surface area contributed by atoms with E-state index >= 15 is 0 Å². The fraction of sp³-hybridized carbons (Fsp3) is 0.286. The number of nitrogens with one attached hydrogen (secondary N) is 1. The van der Waals surface area contributed by atoms with E-state index in [2.05, 4.69) is 10.3 Å². The smallest absolute Gasteiger partial charge is 0.238 e. The average molecular weight is 279 g/mol. The Hall–Kier alpha value is -1.81. The number of rotatable bonds is 5. The lowest BCUT2D eigenvalue weighted by Crippen LogP contribution is -2.34. The lowest BCUT2D eigenvalue weighted by Gasteiger charge is -2.16. The summed E-state index contributed by atoms with van der Waals surface area (Å²) in [7, 11) is 0. The molecule has 2 atom stereocenters. The summed E-state index contributed by atoms with van der Waals surface area (Å²) in [5, 5.41) is 2.25. The Bertz CT molecular complexity index is 512. The average Bonchev–Trinajstić information content (AvgIpc) is 2.92. The molecule has 0 fully saturated rings. The van der Waals surface area contributed by atoms with E-state index in [1.54, 1.807) is 13.1 Å². The lowest BCUT2D eigenvalue weighted by molar-refractivity contribution is -0.121. The van der Waals surface area contributed by atoms with Crippen molar-refractivity contribution in [2.24, 2.45) is 0 Å². The Morgan fingerprint density at radius 3 is 2.74 bits per heavy atom. The number of hydrogen-bond donors (Lipinski definition) is 1. The number of amides is 1. The molecule has 0 spiro atoms. The van der Waals surface area contributed by atoms with E-state index in [4.69, 9.17) is 16.0 Å². The van der Waals surface area contributed by atoms with Gasteiger partial charge in [0.2, 0.25) is 11.8 Å². The van der Waals surface area contributed by atoms with Crippen molar-refractivity contribution >= 4 is 17.5 Å². The monoisotopic (exact) mass is 278 g/mol. The van der Waals surface area contributed by atoms with Crippen LogP contribution in [-0.4, -0.2) is 16.3 Å². The van der Waals surface area contributed by atoms with E-state index in [9.17, 15) is 4.79 Å². The van der Waals surface area contributed by atoms with Gasteiger partial charge < -0.3 is 9.73 Å². The van der Waals surface area contributed by atoms with E-state index < -0.39 is 5.38 Å². The number of oxazole rings is 1. The summed E-state index contributed by atoms with van der Waals surface area (Å²) < 4.78 is 5.28. The van der Waals surface area contributed by atoms with E-state index in [0.29, 0.717) is 12.3 Å². The number of carbonyl (C=O) groups is 1. The molecule has 2 unspecified atom stereocenters. The number of hydrogen-bond acceptors (Lipinski definition) is 3. The molecule has 0 saturated carbocycles. The van der Waals surface area contributed by atoms with Gasteiger partial charge in [0.05, 0.1) is 6.20 Å². The molecule has 19 heavy (non-hydrogen) atoms. The van der Waals surface area contributed by atoms with Crippen molar-refractivity contribution in [3.8, 4) is 0 Å². The summed E-state index contributed by atoms with van der Waals surface area (Å²) in [6.07, 6.45) is 3.66. The first-order chi connectivity index (χ1) is 9.16. The third kappa shape index (κ3) is 3.83. The zero-order chi connectivity index (χ0) is 13.7. The highest BCUT2D eigenvalue weighted by Gasteiger charge is 2.21. The standard InChI is InChI=1S/C14H15ClN2O2/c1-10(15)13(18)17-12(14-16-7-8-19-14)9-11-5-3-2-4-6-11/h2-8,10,12H,9H2,1H3,(H,17,18). The maximum atomic E-state index is 11.7. The highest BCUT2D eigenvalue weighted by atomic mass is 35.5. The molecule has 2 aromatic rings. The molecule has 4 nitrogen and oxygen atoms in total. The van der Waals surface area contributed by atoms with Crippen LogP contribution in [0.5, 0.6) is 0 Å². The third-order valence-corrected chi connectivity index (χ3v) is 2.91. The van der Waals surface area contributed by atoms with E-state index in [-0.39, 0.29) is 11.9 Å². The van der Waals surface area contributed by atoms with Gasteiger partial charge in [0.25, 0.3) is 0 Å². The molecule has 0 radical (unpaired) electrons. The molecule has 100 valence electrons. The van der Waals surface area contributed by atoms with Gasteiger partial charge in [0.15, 0.2) is 0 Å². The highest BCUT2D eigenvalue weighted by molar-refractivity contribution is 6.30. The van der Waals surface area contributed by atoms with Gasteiger partial charge in [-0.1, -0.05) is 30.3 Å². The molecular weight excluding hydrogens is 264 g/mol. The maximum absolute atomic E-state index is 11.7. The normalized spacial score (nSPS) is 13.8. The minimum Gasteiger partial charge on any atom is -0.447 e. The summed E-state index contributed by atoms with van der Waals surface area (Å²) in [5.41, 5.74) is 1.09. The van der Waals surface area contributed by atoms with Crippen LogP contribution in [0.15, 0.2) is 47.2 Å². The molecule has 1 aromatic heterocycles. The van der Waals surface area contributed by atoms with Gasteiger partial charge in [-0.2, -0.15) is 0 Å². The predicted octanol–water partition coefficient (Wildman–Crippen LogP) is 2.70. The Morgan fingerprint density at radius 1 is 1.42 bits per heavy atom. The topological polar surface area (TPSA) is 55.1 Å². The molecule has 0 aliphatic carbocycles. The Kier molecular flexibility index (Phi) is 4.58. The van der Waals surface area contributed by atoms with Gasteiger partial charge in [-0.15, -0.1) is 11.6 Å². The molecule has 0 bridgehead atoms. The zero-order valence-corrected chi connectivity index (χ0v) is 11.3.